The van der Waals surface area contributed by atoms with Gasteiger partial charge in [-0.05, 0) is 42.3 Å². The predicted octanol–water partition coefficient (Wildman–Crippen LogP) is 2.91. The summed E-state index contributed by atoms with van der Waals surface area (Å²) in [4.78, 5) is 13.6. The van der Waals surface area contributed by atoms with Gasteiger partial charge in [0.05, 0.1) is 12.5 Å². The molecule has 0 fully saturated rings. The number of thiophene rings is 1. The van der Waals surface area contributed by atoms with E-state index in [1.54, 1.807) is 28.4 Å². The van der Waals surface area contributed by atoms with Crippen molar-refractivity contribution in [2.24, 2.45) is 0 Å². The Morgan fingerprint density at radius 3 is 2.94 bits per heavy atom. The van der Waals surface area contributed by atoms with Crippen LogP contribution in [0.2, 0.25) is 0 Å². The minimum atomic E-state index is -0.0403. The monoisotopic (exact) mass is 248 g/mol. The molecule has 0 aliphatic heterocycles. The van der Waals surface area contributed by atoms with E-state index in [0.717, 1.165) is 5.56 Å². The SMILES string of the molecule is CC(C)N(CCC#N)C(=O)C=Cc1ccsc1. The van der Waals surface area contributed by atoms with Crippen LogP contribution < -0.4 is 0 Å². The van der Waals surface area contributed by atoms with Gasteiger partial charge in [-0.25, -0.2) is 0 Å². The van der Waals surface area contributed by atoms with E-state index in [1.165, 1.54) is 0 Å². The summed E-state index contributed by atoms with van der Waals surface area (Å²) < 4.78 is 0. The van der Waals surface area contributed by atoms with Gasteiger partial charge in [0.2, 0.25) is 5.91 Å². The van der Waals surface area contributed by atoms with E-state index < -0.39 is 0 Å². The minimum absolute atomic E-state index is 0.0403. The molecular weight excluding hydrogens is 232 g/mol. The first kappa shape index (κ1) is 13.5. The average molecular weight is 248 g/mol. The molecule has 0 N–H and O–H groups in total. The van der Waals surface area contributed by atoms with E-state index in [9.17, 15) is 4.79 Å². The summed E-state index contributed by atoms with van der Waals surface area (Å²) >= 11 is 1.60. The topological polar surface area (TPSA) is 44.1 Å². The summed E-state index contributed by atoms with van der Waals surface area (Å²) in [5.41, 5.74) is 1.03. The summed E-state index contributed by atoms with van der Waals surface area (Å²) in [6.45, 7) is 4.39. The van der Waals surface area contributed by atoms with Crippen molar-refractivity contribution in [2.75, 3.05) is 6.54 Å². The lowest BCUT2D eigenvalue weighted by atomic mass is 10.2. The van der Waals surface area contributed by atoms with E-state index >= 15 is 0 Å². The maximum atomic E-state index is 11.9. The molecule has 4 heteroatoms. The van der Waals surface area contributed by atoms with Crippen LogP contribution >= 0.6 is 11.3 Å². The van der Waals surface area contributed by atoms with Crippen LogP contribution in [-0.4, -0.2) is 23.4 Å². The Balaban J connectivity index is 2.62. The van der Waals surface area contributed by atoms with Crippen molar-refractivity contribution < 1.29 is 4.79 Å². The summed E-state index contributed by atoms with van der Waals surface area (Å²) in [5.74, 6) is -0.0403. The van der Waals surface area contributed by atoms with Crippen LogP contribution in [0.25, 0.3) is 6.08 Å². The first-order chi connectivity index (χ1) is 8.15. The van der Waals surface area contributed by atoms with Gasteiger partial charge in [-0.15, -0.1) is 0 Å². The third-order valence-electron chi connectivity index (χ3n) is 2.33. The van der Waals surface area contributed by atoms with E-state index in [-0.39, 0.29) is 11.9 Å². The lowest BCUT2D eigenvalue weighted by Crippen LogP contribution is -2.36. The van der Waals surface area contributed by atoms with Gasteiger partial charge in [-0.3, -0.25) is 4.79 Å². The molecule has 0 radical (unpaired) electrons. The first-order valence-corrected chi connectivity index (χ1v) is 6.47. The van der Waals surface area contributed by atoms with Crippen molar-refractivity contribution in [1.29, 1.82) is 5.26 Å². The number of rotatable bonds is 5. The van der Waals surface area contributed by atoms with Crippen molar-refractivity contribution in [2.45, 2.75) is 26.3 Å². The normalized spacial score (nSPS) is 10.7. The smallest absolute Gasteiger partial charge is 0.246 e. The molecule has 1 heterocycles. The first-order valence-electron chi connectivity index (χ1n) is 5.53. The summed E-state index contributed by atoms with van der Waals surface area (Å²) in [7, 11) is 0. The second-order valence-corrected chi connectivity index (χ2v) is 4.70. The van der Waals surface area contributed by atoms with E-state index in [4.69, 9.17) is 5.26 Å². The van der Waals surface area contributed by atoms with Crippen molar-refractivity contribution in [3.63, 3.8) is 0 Å². The molecule has 0 saturated heterocycles. The molecule has 1 aromatic heterocycles. The molecule has 0 bridgehead atoms. The highest BCUT2D eigenvalue weighted by Gasteiger charge is 2.13. The van der Waals surface area contributed by atoms with Gasteiger partial charge in [0.25, 0.3) is 0 Å². The number of hydrogen-bond donors (Lipinski definition) is 0. The van der Waals surface area contributed by atoms with Crippen LogP contribution in [0.1, 0.15) is 25.8 Å². The Labute approximate surface area is 106 Å². The Kier molecular flexibility index (Phi) is 5.44. The number of nitriles is 1. The molecule has 0 atom stereocenters. The van der Waals surface area contributed by atoms with Crippen LogP contribution in [0, 0.1) is 11.3 Å². The molecule has 0 aromatic carbocycles. The molecule has 0 saturated carbocycles. The van der Waals surface area contributed by atoms with E-state index in [1.807, 2.05) is 30.7 Å². The van der Waals surface area contributed by atoms with Gasteiger partial charge in [-0.2, -0.15) is 16.6 Å². The van der Waals surface area contributed by atoms with Crippen LogP contribution in [0.4, 0.5) is 0 Å². The maximum Gasteiger partial charge on any atom is 0.246 e. The molecule has 0 spiro atoms. The van der Waals surface area contributed by atoms with Crippen molar-refractivity contribution in [3.05, 3.63) is 28.5 Å². The standard InChI is InChI=1S/C13H16N2OS/c1-11(2)15(8-3-7-14)13(16)5-4-12-6-9-17-10-12/h4-6,9-11H,3,8H2,1-2H3. The molecule has 0 unspecified atom stereocenters. The highest BCUT2D eigenvalue weighted by Crippen LogP contribution is 2.09. The van der Waals surface area contributed by atoms with Crippen LogP contribution in [0.3, 0.4) is 0 Å². The molecule has 90 valence electrons. The maximum absolute atomic E-state index is 11.9. The van der Waals surface area contributed by atoms with Crippen molar-refractivity contribution in [1.82, 2.24) is 4.90 Å². The zero-order valence-corrected chi connectivity index (χ0v) is 10.9. The van der Waals surface area contributed by atoms with Crippen molar-refractivity contribution >= 4 is 23.3 Å². The van der Waals surface area contributed by atoms with Gasteiger partial charge >= 0.3 is 0 Å². The Morgan fingerprint density at radius 1 is 1.65 bits per heavy atom. The second-order valence-electron chi connectivity index (χ2n) is 3.92. The van der Waals surface area contributed by atoms with Gasteiger partial charge in [-0.1, -0.05) is 0 Å². The fourth-order valence-electron chi connectivity index (χ4n) is 1.43. The highest BCUT2D eigenvalue weighted by atomic mass is 32.1. The molecule has 1 amide bonds. The lowest BCUT2D eigenvalue weighted by Gasteiger charge is -2.24. The van der Waals surface area contributed by atoms with Crippen molar-refractivity contribution in [3.8, 4) is 6.07 Å². The second kappa shape index (κ2) is 6.87. The van der Waals surface area contributed by atoms with Gasteiger partial charge in [0.15, 0.2) is 0 Å². The molecule has 3 nitrogen and oxygen atoms in total. The van der Waals surface area contributed by atoms with Gasteiger partial charge < -0.3 is 4.90 Å². The molecule has 0 aliphatic rings. The number of carbonyl (C=O) groups excluding carboxylic acids is 1. The third-order valence-corrected chi connectivity index (χ3v) is 3.03. The van der Waals surface area contributed by atoms with Crippen LogP contribution in [0.15, 0.2) is 22.9 Å². The number of carbonyl (C=O) groups is 1. The van der Waals surface area contributed by atoms with Crippen LogP contribution in [-0.2, 0) is 4.79 Å². The predicted molar refractivity (Wildman–Crippen MR) is 70.4 cm³/mol. The number of hydrogen-bond acceptors (Lipinski definition) is 3. The Morgan fingerprint density at radius 2 is 2.41 bits per heavy atom. The molecule has 17 heavy (non-hydrogen) atoms. The van der Waals surface area contributed by atoms with E-state index in [2.05, 4.69) is 6.07 Å². The zero-order valence-electron chi connectivity index (χ0n) is 10.1. The van der Waals surface area contributed by atoms with Crippen LogP contribution in [0.5, 0.6) is 0 Å². The number of nitrogens with zero attached hydrogens (tertiary/aromatic N) is 2. The highest BCUT2D eigenvalue weighted by molar-refractivity contribution is 7.08. The lowest BCUT2D eigenvalue weighted by molar-refractivity contribution is -0.127. The number of amides is 1. The zero-order chi connectivity index (χ0) is 12.7. The summed E-state index contributed by atoms with van der Waals surface area (Å²) in [6, 6.07) is 4.14. The summed E-state index contributed by atoms with van der Waals surface area (Å²) in [5, 5.41) is 12.5. The Bertz CT molecular complexity index is 415. The quantitative estimate of drug-likeness (QED) is 0.752. The minimum Gasteiger partial charge on any atom is -0.336 e. The largest absolute Gasteiger partial charge is 0.336 e. The Hall–Kier alpha value is -1.60. The third kappa shape index (κ3) is 4.41. The molecule has 0 aliphatic carbocycles. The van der Waals surface area contributed by atoms with Gasteiger partial charge in [0.1, 0.15) is 0 Å². The average Bonchev–Trinajstić information content (AvgIpc) is 2.79. The van der Waals surface area contributed by atoms with Gasteiger partial charge in [0, 0.05) is 18.7 Å². The molecule has 1 rings (SSSR count). The molecular formula is C13H16N2OS. The summed E-state index contributed by atoms with van der Waals surface area (Å²) in [6.07, 6.45) is 3.75. The van der Waals surface area contributed by atoms with E-state index in [0.29, 0.717) is 13.0 Å². The fraction of sp³-hybridized carbons (Fsp3) is 0.385. The fourth-order valence-corrected chi connectivity index (χ4v) is 2.05. The molecule has 1 aromatic rings.